The van der Waals surface area contributed by atoms with E-state index in [1.807, 2.05) is 29.8 Å². The number of anilines is 1. The topological polar surface area (TPSA) is 149 Å². The van der Waals surface area contributed by atoms with E-state index >= 15 is 0 Å². The minimum Gasteiger partial charge on any atom is -0.481 e. The van der Waals surface area contributed by atoms with Crippen LogP contribution in [0, 0.1) is 6.92 Å². The number of imidazole rings is 1. The fourth-order valence-electron chi connectivity index (χ4n) is 4.47. The van der Waals surface area contributed by atoms with E-state index in [0.29, 0.717) is 29.7 Å². The molecule has 0 radical (unpaired) electrons. The van der Waals surface area contributed by atoms with Crippen LogP contribution in [0.15, 0.2) is 51.0 Å². The first-order valence-corrected chi connectivity index (χ1v) is 13.0. The van der Waals surface area contributed by atoms with Gasteiger partial charge in [-0.1, -0.05) is 0 Å². The summed E-state index contributed by atoms with van der Waals surface area (Å²) in [6.45, 7) is 2.57. The van der Waals surface area contributed by atoms with Crippen LogP contribution in [0.25, 0.3) is 33.7 Å². The number of rotatable bonds is 9. The number of carbonyl (C=O) groups is 1. The minimum absolute atomic E-state index is 0.135. The van der Waals surface area contributed by atoms with Crippen LogP contribution >= 0.6 is 0 Å². The molecule has 2 aliphatic rings. The summed E-state index contributed by atoms with van der Waals surface area (Å²) in [6.07, 6.45) is 5.95. The van der Waals surface area contributed by atoms with Crippen LogP contribution in [0.2, 0.25) is 0 Å². The lowest BCUT2D eigenvalue weighted by Crippen LogP contribution is -2.34. The molecule has 1 aromatic heterocycles. The van der Waals surface area contributed by atoms with Gasteiger partial charge < -0.3 is 14.8 Å². The Morgan fingerprint density at radius 2 is 1.97 bits per heavy atom. The molecule has 11 heteroatoms. The molecule has 0 saturated carbocycles. The van der Waals surface area contributed by atoms with Crippen molar-refractivity contribution in [2.24, 2.45) is 4.99 Å². The van der Waals surface area contributed by atoms with Crippen LogP contribution in [0.3, 0.4) is 0 Å². The highest BCUT2D eigenvalue weighted by Crippen LogP contribution is 2.41. The molecule has 0 unspecified atom stereocenters. The largest absolute Gasteiger partial charge is 0.481 e. The minimum atomic E-state index is -4.52. The summed E-state index contributed by atoms with van der Waals surface area (Å²) in [5.74, 6) is 0.506. The van der Waals surface area contributed by atoms with Crippen molar-refractivity contribution in [1.29, 1.82) is 0 Å². The Kier molecular flexibility index (Phi) is 7.14. The van der Waals surface area contributed by atoms with Crippen LogP contribution in [-0.2, 0) is 21.5 Å². The number of carboxylic acids is 1. The molecule has 0 amide bonds. The van der Waals surface area contributed by atoms with Crippen molar-refractivity contribution in [1.82, 2.24) is 4.98 Å². The van der Waals surface area contributed by atoms with Crippen molar-refractivity contribution >= 4 is 32.7 Å². The van der Waals surface area contributed by atoms with Crippen molar-refractivity contribution in [3.05, 3.63) is 47.6 Å². The first-order chi connectivity index (χ1) is 17.1. The van der Waals surface area contributed by atoms with Gasteiger partial charge in [-0.3, -0.25) is 14.3 Å². The van der Waals surface area contributed by atoms with Crippen LogP contribution in [0.4, 0.5) is 5.69 Å². The molecule has 10 nitrogen and oxygen atoms in total. The van der Waals surface area contributed by atoms with Gasteiger partial charge in [0.05, 0.1) is 23.2 Å². The van der Waals surface area contributed by atoms with Gasteiger partial charge in [0.15, 0.2) is 0 Å². The Bertz CT molecular complexity index is 1590. The molecule has 36 heavy (non-hydrogen) atoms. The standard InChI is InChI=1S/C25H28N4O6S/c1-15-11-16-20(13-18(15)26-2)35-21-14-19(27-3)22(36(32,33)34)12-17(21)24(16)25-28-8-10-29(25)9-6-4-5-7-23(30)31/h8,10-14H,4-7,9H2,1-3H3,(H3,26,27,30,31,32,33,34)/p+1. The summed E-state index contributed by atoms with van der Waals surface area (Å²) in [4.78, 5) is 18.2. The second kappa shape index (κ2) is 10.1. The molecular weight excluding hydrogens is 484 g/mol. The van der Waals surface area contributed by atoms with Crippen molar-refractivity contribution in [3.8, 4) is 22.7 Å². The molecular formula is C25H29N4O6S+. The summed E-state index contributed by atoms with van der Waals surface area (Å²) < 4.78 is 42.5. The Morgan fingerprint density at radius 1 is 1.19 bits per heavy atom. The lowest BCUT2D eigenvalue weighted by atomic mass is 9.96. The molecule has 0 spiro atoms. The lowest BCUT2D eigenvalue weighted by Gasteiger charge is -2.16. The van der Waals surface area contributed by atoms with Crippen molar-refractivity contribution in [3.63, 3.8) is 0 Å². The number of aliphatic carboxylic acids is 1. The number of fused-ring (bicyclic) bond motifs is 2. The third kappa shape index (κ3) is 4.98. The number of nitrogens with zero attached hydrogens (tertiary/aromatic N) is 2. The predicted molar refractivity (Wildman–Crippen MR) is 135 cm³/mol. The number of aromatic nitrogens is 2. The summed E-state index contributed by atoms with van der Waals surface area (Å²) in [6, 6.07) is 6.78. The van der Waals surface area contributed by atoms with E-state index in [2.05, 4.69) is 15.3 Å². The quantitative estimate of drug-likeness (QED) is 0.116. The molecule has 0 saturated heterocycles. The number of H-pyrrole nitrogens is 1. The number of aryl methyl sites for hydroxylation is 2. The van der Waals surface area contributed by atoms with Gasteiger partial charge in [-0.05, 0) is 43.9 Å². The van der Waals surface area contributed by atoms with E-state index in [9.17, 15) is 17.8 Å². The molecule has 0 fully saturated rings. The normalized spacial score (nSPS) is 12.5. The van der Waals surface area contributed by atoms with Gasteiger partial charge in [0.2, 0.25) is 0 Å². The number of hydrogen-bond acceptors (Lipinski definition) is 6. The van der Waals surface area contributed by atoms with E-state index in [0.717, 1.165) is 40.7 Å². The molecule has 4 N–H and O–H groups in total. The smallest absolute Gasteiger partial charge is 0.303 e. The average Bonchev–Trinajstić information content (AvgIpc) is 3.28. The number of hydrogen-bond donors (Lipinski definition) is 4. The van der Waals surface area contributed by atoms with E-state index in [4.69, 9.17) is 9.52 Å². The summed E-state index contributed by atoms with van der Waals surface area (Å²) in [5.41, 5.74) is 3.05. The third-order valence-corrected chi connectivity index (χ3v) is 7.11. The summed E-state index contributed by atoms with van der Waals surface area (Å²) >= 11 is 0. The molecule has 0 atom stereocenters. The number of unbranched alkanes of at least 4 members (excludes halogenated alkanes) is 2. The van der Waals surface area contributed by atoms with Crippen molar-refractivity contribution < 1.29 is 31.9 Å². The molecule has 190 valence electrons. The molecule has 1 aromatic carbocycles. The Morgan fingerprint density at radius 3 is 2.64 bits per heavy atom. The molecule has 2 aromatic rings. The summed E-state index contributed by atoms with van der Waals surface area (Å²) in [5, 5.41) is 13.0. The maximum atomic E-state index is 12.2. The van der Waals surface area contributed by atoms with E-state index in [-0.39, 0.29) is 17.0 Å². The lowest BCUT2D eigenvalue weighted by molar-refractivity contribution is -0.685. The van der Waals surface area contributed by atoms with Gasteiger partial charge >= 0.3 is 5.97 Å². The van der Waals surface area contributed by atoms with Gasteiger partial charge in [-0.15, -0.1) is 0 Å². The zero-order chi connectivity index (χ0) is 26.0. The molecule has 0 bridgehead atoms. The zero-order valence-corrected chi connectivity index (χ0v) is 21.1. The van der Waals surface area contributed by atoms with Gasteiger partial charge in [-0.2, -0.15) is 8.42 Å². The Labute approximate surface area is 208 Å². The second-order valence-electron chi connectivity index (χ2n) is 8.61. The number of benzene rings is 2. The summed E-state index contributed by atoms with van der Waals surface area (Å²) in [7, 11) is -1.24. The SMILES string of the molecule is CN=c1cc2oc3cc(NC)c(S(=O)(=O)O)cc3c(-c3[nH]cc[n+]3CCCCCC(=O)O)c-2cc1C. The maximum Gasteiger partial charge on any atom is 0.303 e. The monoisotopic (exact) mass is 513 g/mol. The number of carboxylic acid groups (broad SMARTS) is 1. The van der Waals surface area contributed by atoms with Gasteiger partial charge in [0.1, 0.15) is 28.6 Å². The first kappa shape index (κ1) is 25.4. The van der Waals surface area contributed by atoms with E-state index < -0.39 is 16.1 Å². The molecule has 1 aliphatic carbocycles. The predicted octanol–water partition coefficient (Wildman–Crippen LogP) is 3.59. The van der Waals surface area contributed by atoms with Crippen LogP contribution in [0.5, 0.6) is 0 Å². The number of nitrogens with one attached hydrogen (secondary N) is 2. The second-order valence-corrected chi connectivity index (χ2v) is 10.0. The first-order valence-electron chi connectivity index (χ1n) is 11.6. The highest BCUT2D eigenvalue weighted by atomic mass is 32.2. The molecule has 2 heterocycles. The fraction of sp³-hybridized carbons (Fsp3) is 0.320. The molecule has 4 rings (SSSR count). The van der Waals surface area contributed by atoms with Crippen LogP contribution in [-0.4, -0.2) is 43.1 Å². The van der Waals surface area contributed by atoms with Crippen molar-refractivity contribution in [2.45, 2.75) is 44.0 Å². The highest BCUT2D eigenvalue weighted by molar-refractivity contribution is 7.86. The highest BCUT2D eigenvalue weighted by Gasteiger charge is 2.27. The van der Waals surface area contributed by atoms with Crippen LogP contribution < -0.4 is 15.2 Å². The van der Waals surface area contributed by atoms with E-state index in [1.54, 1.807) is 26.4 Å². The maximum absolute atomic E-state index is 12.2. The fourth-order valence-corrected chi connectivity index (χ4v) is 5.17. The molecule has 1 aliphatic heterocycles. The van der Waals surface area contributed by atoms with Gasteiger partial charge in [-0.25, -0.2) is 9.55 Å². The van der Waals surface area contributed by atoms with E-state index in [1.165, 1.54) is 6.07 Å². The van der Waals surface area contributed by atoms with Gasteiger partial charge in [0, 0.05) is 43.6 Å². The van der Waals surface area contributed by atoms with Crippen LogP contribution in [0.1, 0.15) is 31.2 Å². The number of aromatic amines is 1. The van der Waals surface area contributed by atoms with Crippen molar-refractivity contribution in [2.75, 3.05) is 19.4 Å². The van der Waals surface area contributed by atoms with Gasteiger partial charge in [0.25, 0.3) is 15.9 Å². The Balaban J connectivity index is 1.96. The zero-order valence-electron chi connectivity index (χ0n) is 20.3. The Hall–Kier alpha value is -3.70. The average molecular weight is 514 g/mol. The third-order valence-electron chi connectivity index (χ3n) is 6.21.